The molecule has 1 N–H and O–H groups in total. The highest BCUT2D eigenvalue weighted by atomic mass is 79.9. The molecule has 0 saturated carbocycles. The number of carbonyl (C=O) groups excluding carboxylic acids is 1. The van der Waals surface area contributed by atoms with Crippen LogP contribution in [0.15, 0.2) is 46.9 Å². The van der Waals surface area contributed by atoms with Crippen LogP contribution in [0.25, 0.3) is 0 Å². The number of amides is 1. The Labute approximate surface area is 137 Å². The summed E-state index contributed by atoms with van der Waals surface area (Å²) in [4.78, 5) is 12.2. The number of ether oxygens (including phenoxy) is 1. The molecular formula is C16H15BrClNO2. The van der Waals surface area contributed by atoms with Gasteiger partial charge < -0.3 is 10.1 Å². The third-order valence-corrected chi connectivity index (χ3v) is 3.78. The second-order valence-corrected chi connectivity index (χ2v) is 5.83. The van der Waals surface area contributed by atoms with Crippen molar-refractivity contribution in [2.24, 2.45) is 0 Å². The standard InChI is InChI=1S/C16H15BrClNO2/c1-21-15-7-6-13(18)10-14(15)16(20)19-9-8-11-2-4-12(17)5-3-11/h2-7,10H,8-9H2,1H3,(H,19,20). The Hall–Kier alpha value is -1.52. The van der Waals surface area contributed by atoms with Crippen molar-refractivity contribution in [2.45, 2.75) is 6.42 Å². The van der Waals surface area contributed by atoms with Crippen molar-refractivity contribution < 1.29 is 9.53 Å². The minimum absolute atomic E-state index is 0.188. The SMILES string of the molecule is COc1ccc(Cl)cc1C(=O)NCCc1ccc(Br)cc1. The van der Waals surface area contributed by atoms with E-state index in [-0.39, 0.29) is 5.91 Å². The molecule has 2 rings (SSSR count). The zero-order valence-electron chi connectivity index (χ0n) is 11.5. The van der Waals surface area contributed by atoms with Crippen molar-refractivity contribution in [1.29, 1.82) is 0 Å². The molecule has 0 aliphatic carbocycles. The van der Waals surface area contributed by atoms with Crippen LogP contribution >= 0.6 is 27.5 Å². The molecule has 5 heteroatoms. The molecule has 0 aliphatic heterocycles. The van der Waals surface area contributed by atoms with E-state index < -0.39 is 0 Å². The van der Waals surface area contributed by atoms with Crippen molar-refractivity contribution in [1.82, 2.24) is 5.32 Å². The van der Waals surface area contributed by atoms with Crippen LogP contribution in [0.3, 0.4) is 0 Å². The van der Waals surface area contributed by atoms with Gasteiger partial charge >= 0.3 is 0 Å². The van der Waals surface area contributed by atoms with Gasteiger partial charge in [0.25, 0.3) is 5.91 Å². The van der Waals surface area contributed by atoms with E-state index in [0.717, 1.165) is 16.5 Å². The summed E-state index contributed by atoms with van der Waals surface area (Å²) in [5.74, 6) is 0.326. The van der Waals surface area contributed by atoms with Crippen LogP contribution in [0.2, 0.25) is 5.02 Å². The molecule has 2 aromatic rings. The van der Waals surface area contributed by atoms with Crippen molar-refractivity contribution in [3.63, 3.8) is 0 Å². The number of methoxy groups -OCH3 is 1. The molecule has 2 aromatic carbocycles. The molecular weight excluding hydrogens is 354 g/mol. The maximum absolute atomic E-state index is 12.2. The minimum atomic E-state index is -0.188. The van der Waals surface area contributed by atoms with E-state index in [1.54, 1.807) is 18.2 Å². The van der Waals surface area contributed by atoms with Gasteiger partial charge in [0.05, 0.1) is 12.7 Å². The van der Waals surface area contributed by atoms with E-state index >= 15 is 0 Å². The first kappa shape index (κ1) is 15.9. The second-order valence-electron chi connectivity index (χ2n) is 4.48. The van der Waals surface area contributed by atoms with Crippen LogP contribution in [0.4, 0.5) is 0 Å². The molecule has 21 heavy (non-hydrogen) atoms. The van der Waals surface area contributed by atoms with Gasteiger partial charge in [-0.05, 0) is 42.3 Å². The van der Waals surface area contributed by atoms with Crippen LogP contribution < -0.4 is 10.1 Å². The van der Waals surface area contributed by atoms with E-state index in [9.17, 15) is 4.79 Å². The molecule has 0 aromatic heterocycles. The lowest BCUT2D eigenvalue weighted by molar-refractivity contribution is 0.0951. The summed E-state index contributed by atoms with van der Waals surface area (Å²) in [5, 5.41) is 3.38. The number of hydrogen-bond acceptors (Lipinski definition) is 2. The van der Waals surface area contributed by atoms with Gasteiger partial charge in [0.2, 0.25) is 0 Å². The smallest absolute Gasteiger partial charge is 0.255 e. The summed E-state index contributed by atoms with van der Waals surface area (Å²) >= 11 is 9.32. The van der Waals surface area contributed by atoms with Gasteiger partial charge in [-0.1, -0.05) is 39.7 Å². The average Bonchev–Trinajstić information content (AvgIpc) is 2.49. The summed E-state index contributed by atoms with van der Waals surface area (Å²) in [7, 11) is 1.53. The minimum Gasteiger partial charge on any atom is -0.496 e. The third-order valence-electron chi connectivity index (χ3n) is 3.02. The number of hydrogen-bond donors (Lipinski definition) is 1. The van der Waals surface area contributed by atoms with Gasteiger partial charge in [0.15, 0.2) is 0 Å². The first-order valence-electron chi connectivity index (χ1n) is 6.46. The van der Waals surface area contributed by atoms with Crippen LogP contribution in [0, 0.1) is 0 Å². The maximum Gasteiger partial charge on any atom is 0.255 e. The largest absolute Gasteiger partial charge is 0.496 e. The Morgan fingerprint density at radius 2 is 1.95 bits per heavy atom. The van der Waals surface area contributed by atoms with E-state index in [2.05, 4.69) is 21.2 Å². The molecule has 1 amide bonds. The summed E-state index contributed by atoms with van der Waals surface area (Å²) in [6.45, 7) is 0.552. The molecule has 0 atom stereocenters. The fourth-order valence-electron chi connectivity index (χ4n) is 1.92. The number of carbonyl (C=O) groups is 1. The lowest BCUT2D eigenvalue weighted by atomic mass is 10.1. The van der Waals surface area contributed by atoms with Crippen LogP contribution in [0.1, 0.15) is 15.9 Å². The lowest BCUT2D eigenvalue weighted by Crippen LogP contribution is -2.26. The van der Waals surface area contributed by atoms with Gasteiger partial charge in [-0.2, -0.15) is 0 Å². The Balaban J connectivity index is 1.95. The predicted molar refractivity (Wildman–Crippen MR) is 88.2 cm³/mol. The van der Waals surface area contributed by atoms with E-state index in [4.69, 9.17) is 16.3 Å². The molecule has 0 radical (unpaired) electrons. The molecule has 0 bridgehead atoms. The number of benzene rings is 2. The highest BCUT2D eigenvalue weighted by Crippen LogP contribution is 2.22. The monoisotopic (exact) mass is 367 g/mol. The zero-order chi connectivity index (χ0) is 15.2. The number of rotatable bonds is 5. The highest BCUT2D eigenvalue weighted by molar-refractivity contribution is 9.10. The summed E-state index contributed by atoms with van der Waals surface area (Å²) in [6.07, 6.45) is 0.766. The fourth-order valence-corrected chi connectivity index (χ4v) is 2.36. The molecule has 0 heterocycles. The van der Waals surface area contributed by atoms with Gasteiger partial charge in [0.1, 0.15) is 5.75 Å². The van der Waals surface area contributed by atoms with Crippen molar-refractivity contribution in [3.05, 3.63) is 63.1 Å². The van der Waals surface area contributed by atoms with E-state index in [0.29, 0.717) is 22.9 Å². The predicted octanol–water partition coefficient (Wildman–Crippen LogP) is 4.08. The molecule has 0 spiro atoms. The van der Waals surface area contributed by atoms with Crippen LogP contribution in [-0.4, -0.2) is 19.6 Å². The van der Waals surface area contributed by atoms with Crippen molar-refractivity contribution >= 4 is 33.4 Å². The Bertz CT molecular complexity index is 629. The third kappa shape index (κ3) is 4.48. The topological polar surface area (TPSA) is 38.3 Å². The molecule has 0 fully saturated rings. The first-order chi connectivity index (χ1) is 10.1. The quantitative estimate of drug-likeness (QED) is 0.863. The molecule has 110 valence electrons. The molecule has 0 aliphatic rings. The van der Waals surface area contributed by atoms with Gasteiger partial charge in [0, 0.05) is 16.0 Å². The van der Waals surface area contributed by atoms with Gasteiger partial charge in [-0.25, -0.2) is 0 Å². The summed E-state index contributed by atoms with van der Waals surface area (Å²) < 4.78 is 6.22. The zero-order valence-corrected chi connectivity index (χ0v) is 13.9. The number of nitrogens with one attached hydrogen (secondary N) is 1. The fraction of sp³-hybridized carbons (Fsp3) is 0.188. The molecule has 0 unspecified atom stereocenters. The summed E-state index contributed by atoms with van der Waals surface area (Å²) in [5.41, 5.74) is 1.61. The molecule has 3 nitrogen and oxygen atoms in total. The Morgan fingerprint density at radius 3 is 2.62 bits per heavy atom. The first-order valence-corrected chi connectivity index (χ1v) is 7.63. The second kappa shape index (κ2) is 7.48. The highest BCUT2D eigenvalue weighted by Gasteiger charge is 2.12. The maximum atomic E-state index is 12.2. The molecule has 0 saturated heterocycles. The summed E-state index contributed by atoms with van der Waals surface area (Å²) in [6, 6.07) is 13.0. The van der Waals surface area contributed by atoms with Crippen molar-refractivity contribution in [2.75, 3.05) is 13.7 Å². The number of halogens is 2. The van der Waals surface area contributed by atoms with Gasteiger partial charge in [-0.3, -0.25) is 4.79 Å². The lowest BCUT2D eigenvalue weighted by Gasteiger charge is -2.10. The van der Waals surface area contributed by atoms with Crippen molar-refractivity contribution in [3.8, 4) is 5.75 Å². The van der Waals surface area contributed by atoms with Crippen LogP contribution in [0.5, 0.6) is 5.75 Å². The van der Waals surface area contributed by atoms with E-state index in [1.165, 1.54) is 7.11 Å². The van der Waals surface area contributed by atoms with Gasteiger partial charge in [-0.15, -0.1) is 0 Å². The van der Waals surface area contributed by atoms with E-state index in [1.807, 2.05) is 24.3 Å². The Kier molecular flexibility index (Phi) is 5.65. The average molecular weight is 369 g/mol. The Morgan fingerprint density at radius 1 is 1.24 bits per heavy atom. The van der Waals surface area contributed by atoms with Crippen LogP contribution in [-0.2, 0) is 6.42 Å². The normalized spacial score (nSPS) is 10.2.